The number of benzene rings is 1. The molecule has 0 unspecified atom stereocenters. The highest BCUT2D eigenvalue weighted by atomic mass is 35.5. The molecule has 0 atom stereocenters. The third-order valence-corrected chi connectivity index (χ3v) is 2.78. The van der Waals surface area contributed by atoms with Crippen LogP contribution >= 0.6 is 23.2 Å². The van der Waals surface area contributed by atoms with E-state index in [1.54, 1.807) is 19.1 Å². The molecule has 0 fully saturated rings. The summed E-state index contributed by atoms with van der Waals surface area (Å²) in [6.07, 6.45) is -0.518. The molecule has 0 bridgehead atoms. The van der Waals surface area contributed by atoms with Gasteiger partial charge in [-0.1, -0.05) is 23.2 Å². The molecule has 0 aliphatic rings. The van der Waals surface area contributed by atoms with Gasteiger partial charge in [0.15, 0.2) is 6.61 Å². The fourth-order valence-electron chi connectivity index (χ4n) is 1.34. The molecule has 0 aliphatic carbocycles. The largest absolute Gasteiger partial charge is 0.482 e. The summed E-state index contributed by atoms with van der Waals surface area (Å²) in [5.74, 6) is 0.0486. The maximum Gasteiger partial charge on any atom is 0.407 e. The summed E-state index contributed by atoms with van der Waals surface area (Å²) < 4.78 is 9.92. The number of carbonyl (C=O) groups is 2. The van der Waals surface area contributed by atoms with E-state index in [1.165, 1.54) is 6.07 Å². The lowest BCUT2D eigenvalue weighted by Crippen LogP contribution is -2.37. The molecule has 0 aliphatic heterocycles. The van der Waals surface area contributed by atoms with E-state index in [-0.39, 0.29) is 25.6 Å². The molecule has 1 aromatic rings. The second-order valence-electron chi connectivity index (χ2n) is 3.86. The van der Waals surface area contributed by atoms with Crippen LogP contribution in [-0.4, -0.2) is 38.3 Å². The summed E-state index contributed by atoms with van der Waals surface area (Å²) >= 11 is 11.6. The third kappa shape index (κ3) is 7.06. The minimum absolute atomic E-state index is 0.180. The first-order valence-electron chi connectivity index (χ1n) is 6.28. The summed E-state index contributed by atoms with van der Waals surface area (Å²) in [5.41, 5.74) is 0. The zero-order valence-corrected chi connectivity index (χ0v) is 13.0. The van der Waals surface area contributed by atoms with Gasteiger partial charge in [0.2, 0.25) is 0 Å². The summed E-state index contributed by atoms with van der Waals surface area (Å²) in [7, 11) is 0. The highest BCUT2D eigenvalue weighted by Crippen LogP contribution is 2.27. The number of ether oxygens (including phenoxy) is 2. The van der Waals surface area contributed by atoms with Crippen molar-refractivity contribution >= 4 is 35.2 Å². The van der Waals surface area contributed by atoms with Gasteiger partial charge in [0.1, 0.15) is 5.75 Å². The Balaban J connectivity index is 2.21. The first kappa shape index (κ1) is 17.4. The van der Waals surface area contributed by atoms with Crippen LogP contribution in [0.15, 0.2) is 18.2 Å². The fraction of sp³-hybridized carbons (Fsp3) is 0.385. The van der Waals surface area contributed by atoms with E-state index in [0.717, 1.165) is 0 Å². The van der Waals surface area contributed by atoms with Crippen LogP contribution in [0, 0.1) is 0 Å². The summed E-state index contributed by atoms with van der Waals surface area (Å²) in [4.78, 5) is 22.5. The molecule has 0 saturated carbocycles. The van der Waals surface area contributed by atoms with Crippen molar-refractivity contribution in [2.24, 2.45) is 0 Å². The highest BCUT2D eigenvalue weighted by Gasteiger charge is 2.06. The number of carbonyl (C=O) groups excluding carboxylic acids is 2. The molecular weight excluding hydrogens is 319 g/mol. The van der Waals surface area contributed by atoms with Crippen molar-refractivity contribution in [1.29, 1.82) is 0 Å². The maximum absolute atomic E-state index is 11.5. The predicted molar refractivity (Wildman–Crippen MR) is 80.0 cm³/mol. The smallest absolute Gasteiger partial charge is 0.407 e. The minimum atomic E-state index is -0.518. The quantitative estimate of drug-likeness (QED) is 0.749. The van der Waals surface area contributed by atoms with Crippen LogP contribution in [0.25, 0.3) is 0 Å². The second kappa shape index (κ2) is 9.31. The fourth-order valence-corrected chi connectivity index (χ4v) is 1.80. The zero-order valence-electron chi connectivity index (χ0n) is 11.4. The molecule has 0 radical (unpaired) electrons. The van der Waals surface area contributed by atoms with Crippen molar-refractivity contribution in [1.82, 2.24) is 10.6 Å². The Kier molecular flexibility index (Phi) is 7.71. The van der Waals surface area contributed by atoms with Crippen molar-refractivity contribution in [3.63, 3.8) is 0 Å². The van der Waals surface area contributed by atoms with E-state index >= 15 is 0 Å². The number of amides is 2. The van der Waals surface area contributed by atoms with Gasteiger partial charge in [0.05, 0.1) is 11.6 Å². The predicted octanol–water partition coefficient (Wildman–Crippen LogP) is 2.23. The van der Waals surface area contributed by atoms with Gasteiger partial charge in [0, 0.05) is 18.1 Å². The van der Waals surface area contributed by atoms with Crippen LogP contribution < -0.4 is 15.4 Å². The molecule has 0 aromatic heterocycles. The number of nitrogens with one attached hydrogen (secondary N) is 2. The highest BCUT2D eigenvalue weighted by molar-refractivity contribution is 6.35. The van der Waals surface area contributed by atoms with E-state index in [9.17, 15) is 9.59 Å². The van der Waals surface area contributed by atoms with Crippen LogP contribution in [0.5, 0.6) is 5.75 Å². The van der Waals surface area contributed by atoms with Gasteiger partial charge in [-0.2, -0.15) is 0 Å². The summed E-state index contributed by atoms with van der Waals surface area (Å²) in [6, 6.07) is 4.73. The average molecular weight is 335 g/mol. The molecule has 21 heavy (non-hydrogen) atoms. The Morgan fingerprint density at radius 3 is 2.57 bits per heavy atom. The number of alkyl carbamates (subject to hydrolysis) is 1. The van der Waals surface area contributed by atoms with Crippen molar-refractivity contribution in [3.05, 3.63) is 28.2 Å². The topological polar surface area (TPSA) is 76.7 Å². The van der Waals surface area contributed by atoms with Crippen LogP contribution in [0.2, 0.25) is 10.0 Å². The van der Waals surface area contributed by atoms with Gasteiger partial charge >= 0.3 is 6.09 Å². The van der Waals surface area contributed by atoms with Crippen molar-refractivity contribution < 1.29 is 19.1 Å². The van der Waals surface area contributed by atoms with Crippen molar-refractivity contribution in [2.75, 3.05) is 26.3 Å². The van der Waals surface area contributed by atoms with Gasteiger partial charge in [-0.25, -0.2) is 4.79 Å². The Morgan fingerprint density at radius 1 is 1.19 bits per heavy atom. The second-order valence-corrected chi connectivity index (χ2v) is 4.70. The molecule has 2 N–H and O–H groups in total. The third-order valence-electron chi connectivity index (χ3n) is 2.24. The van der Waals surface area contributed by atoms with E-state index < -0.39 is 6.09 Å². The Hall–Kier alpha value is -1.66. The Bertz CT molecular complexity index is 497. The number of hydrogen-bond acceptors (Lipinski definition) is 4. The molecule has 0 heterocycles. The standard InChI is InChI=1S/C13H16Cl2N2O4/c1-2-20-13(19)17-6-5-16-12(18)8-21-11-4-3-9(14)7-10(11)15/h3-4,7H,2,5-6,8H2,1H3,(H,16,18)(H,17,19). The minimum Gasteiger partial charge on any atom is -0.482 e. The van der Waals surface area contributed by atoms with E-state index in [4.69, 9.17) is 27.9 Å². The molecule has 6 nitrogen and oxygen atoms in total. The monoisotopic (exact) mass is 334 g/mol. The van der Waals surface area contributed by atoms with E-state index in [0.29, 0.717) is 22.4 Å². The molecule has 116 valence electrons. The lowest BCUT2D eigenvalue weighted by Gasteiger charge is -2.09. The molecule has 2 amide bonds. The molecule has 0 spiro atoms. The van der Waals surface area contributed by atoms with Crippen molar-refractivity contribution in [3.8, 4) is 5.75 Å². The van der Waals surface area contributed by atoms with Gasteiger partial charge in [-0.15, -0.1) is 0 Å². The molecule has 0 saturated heterocycles. The lowest BCUT2D eigenvalue weighted by atomic mass is 10.3. The van der Waals surface area contributed by atoms with E-state index in [1.807, 2.05) is 0 Å². The average Bonchev–Trinajstić information content (AvgIpc) is 2.43. The molecular formula is C13H16Cl2N2O4. The Labute approximate surface area is 132 Å². The van der Waals surface area contributed by atoms with Crippen molar-refractivity contribution in [2.45, 2.75) is 6.92 Å². The first-order valence-corrected chi connectivity index (χ1v) is 7.03. The van der Waals surface area contributed by atoms with E-state index in [2.05, 4.69) is 15.4 Å². The first-order chi connectivity index (χ1) is 10.0. The van der Waals surface area contributed by atoms with Crippen LogP contribution in [0.3, 0.4) is 0 Å². The zero-order chi connectivity index (χ0) is 15.7. The lowest BCUT2D eigenvalue weighted by molar-refractivity contribution is -0.123. The van der Waals surface area contributed by atoms with Crippen LogP contribution in [-0.2, 0) is 9.53 Å². The van der Waals surface area contributed by atoms with Crippen LogP contribution in [0.4, 0.5) is 4.79 Å². The van der Waals surface area contributed by atoms with Gasteiger partial charge in [-0.3, -0.25) is 4.79 Å². The summed E-state index contributed by atoms with van der Waals surface area (Å²) in [6.45, 7) is 2.37. The molecule has 1 rings (SSSR count). The number of hydrogen-bond donors (Lipinski definition) is 2. The Morgan fingerprint density at radius 2 is 1.90 bits per heavy atom. The normalized spacial score (nSPS) is 9.86. The number of halogens is 2. The number of rotatable bonds is 7. The van der Waals surface area contributed by atoms with Gasteiger partial charge in [0.25, 0.3) is 5.91 Å². The SMILES string of the molecule is CCOC(=O)NCCNC(=O)COc1ccc(Cl)cc1Cl. The molecule has 8 heteroatoms. The summed E-state index contributed by atoms with van der Waals surface area (Å²) in [5, 5.41) is 5.87. The van der Waals surface area contributed by atoms with Crippen LogP contribution in [0.1, 0.15) is 6.92 Å². The maximum atomic E-state index is 11.5. The van der Waals surface area contributed by atoms with Gasteiger partial charge in [-0.05, 0) is 25.1 Å². The van der Waals surface area contributed by atoms with Gasteiger partial charge < -0.3 is 20.1 Å². The molecule has 1 aromatic carbocycles.